The molecule has 0 fully saturated rings. The number of nitrogens with two attached hydrogens (primary N) is 1. The smallest absolute Gasteiger partial charge is 0.278 e. The lowest BCUT2D eigenvalue weighted by Gasteiger charge is -2.34. The number of anilines is 3. The second-order valence-corrected chi connectivity index (χ2v) is 3.70. The normalized spacial score (nSPS) is 19.6. The van der Waals surface area contributed by atoms with Crippen molar-refractivity contribution >= 4 is 17.5 Å². The van der Waals surface area contributed by atoms with E-state index in [0.29, 0.717) is 17.5 Å². The van der Waals surface area contributed by atoms with E-state index in [4.69, 9.17) is 5.73 Å². The van der Waals surface area contributed by atoms with Crippen LogP contribution in [0.15, 0.2) is 4.79 Å². The highest BCUT2D eigenvalue weighted by atomic mass is 16.1. The molecule has 0 spiro atoms. The summed E-state index contributed by atoms with van der Waals surface area (Å²) in [7, 11) is 1.90. The maximum absolute atomic E-state index is 11.7. The van der Waals surface area contributed by atoms with E-state index in [1.165, 1.54) is 0 Å². The fraction of sp³-hybridized carbons (Fsp3) is 0.556. The second-order valence-electron chi connectivity index (χ2n) is 3.70. The highest BCUT2D eigenvalue weighted by Gasteiger charge is 2.25. The molecule has 6 heteroatoms. The van der Waals surface area contributed by atoms with Crippen molar-refractivity contribution in [2.45, 2.75) is 19.4 Å². The molecule has 15 heavy (non-hydrogen) atoms. The summed E-state index contributed by atoms with van der Waals surface area (Å²) < 4.78 is 0. The molecule has 0 radical (unpaired) electrons. The molecule has 1 aromatic rings. The van der Waals surface area contributed by atoms with Crippen LogP contribution < -0.4 is 21.5 Å². The predicted molar refractivity (Wildman–Crippen MR) is 60.2 cm³/mol. The van der Waals surface area contributed by atoms with Gasteiger partial charge in [-0.25, -0.2) is 0 Å². The number of hydrogen-bond donors (Lipinski definition) is 3. The molecule has 6 nitrogen and oxygen atoms in total. The van der Waals surface area contributed by atoms with Crippen LogP contribution in [-0.2, 0) is 0 Å². The van der Waals surface area contributed by atoms with Gasteiger partial charge in [0, 0.05) is 19.6 Å². The van der Waals surface area contributed by atoms with Gasteiger partial charge in [0.15, 0.2) is 5.82 Å². The molecule has 0 aliphatic carbocycles. The predicted octanol–water partition coefficient (Wildman–Crippen LogP) is -0.00760. The zero-order valence-corrected chi connectivity index (χ0v) is 8.87. The van der Waals surface area contributed by atoms with Crippen LogP contribution in [0.3, 0.4) is 0 Å². The molecule has 1 aromatic heterocycles. The number of H-pyrrole nitrogens is 1. The first-order valence-corrected chi connectivity index (χ1v) is 5.00. The van der Waals surface area contributed by atoms with Crippen molar-refractivity contribution in [1.82, 2.24) is 9.97 Å². The van der Waals surface area contributed by atoms with Gasteiger partial charge in [0.25, 0.3) is 5.56 Å². The van der Waals surface area contributed by atoms with Crippen molar-refractivity contribution in [3.05, 3.63) is 10.4 Å². The average Bonchev–Trinajstić information content (AvgIpc) is 2.17. The number of aromatic amines is 1. The van der Waals surface area contributed by atoms with Crippen LogP contribution in [0.25, 0.3) is 0 Å². The molecular formula is C9H15N5O. The molecule has 0 amide bonds. The lowest BCUT2D eigenvalue weighted by molar-refractivity contribution is 0.616. The van der Waals surface area contributed by atoms with Crippen molar-refractivity contribution < 1.29 is 0 Å². The summed E-state index contributed by atoms with van der Waals surface area (Å²) in [6.07, 6.45) is 0.979. The minimum Gasteiger partial charge on any atom is -0.369 e. The largest absolute Gasteiger partial charge is 0.369 e. The summed E-state index contributed by atoms with van der Waals surface area (Å²) in [5, 5.41) is 3.12. The summed E-state index contributed by atoms with van der Waals surface area (Å²) in [5.41, 5.74) is 5.85. The Labute approximate surface area is 87.5 Å². The zero-order valence-electron chi connectivity index (χ0n) is 8.87. The lowest BCUT2D eigenvalue weighted by atomic mass is 10.1. The van der Waals surface area contributed by atoms with Gasteiger partial charge in [-0.1, -0.05) is 6.92 Å². The van der Waals surface area contributed by atoms with Crippen LogP contribution in [-0.4, -0.2) is 29.6 Å². The zero-order chi connectivity index (χ0) is 11.0. The molecule has 1 aliphatic heterocycles. The number of rotatable bonds is 1. The first-order chi connectivity index (χ1) is 7.13. The average molecular weight is 209 g/mol. The molecule has 1 atom stereocenters. The highest BCUT2D eigenvalue weighted by molar-refractivity contribution is 5.68. The maximum Gasteiger partial charge on any atom is 0.278 e. The van der Waals surface area contributed by atoms with E-state index in [-0.39, 0.29) is 11.5 Å². The van der Waals surface area contributed by atoms with E-state index in [9.17, 15) is 4.79 Å². The molecule has 1 aliphatic rings. The molecule has 0 saturated carbocycles. The quantitative estimate of drug-likeness (QED) is 0.605. The Bertz CT molecular complexity index is 427. The van der Waals surface area contributed by atoms with Crippen LogP contribution in [0.1, 0.15) is 13.3 Å². The monoisotopic (exact) mass is 209 g/mol. The van der Waals surface area contributed by atoms with Crippen molar-refractivity contribution in [2.24, 2.45) is 0 Å². The van der Waals surface area contributed by atoms with E-state index in [2.05, 4.69) is 22.2 Å². The SMILES string of the molecule is CC[C@H]1CNc2nc(N)[nH]c(=O)c2N1C. The molecule has 0 bridgehead atoms. The van der Waals surface area contributed by atoms with Crippen molar-refractivity contribution in [1.29, 1.82) is 0 Å². The molecule has 4 N–H and O–H groups in total. The van der Waals surface area contributed by atoms with E-state index < -0.39 is 0 Å². The first kappa shape index (κ1) is 9.82. The van der Waals surface area contributed by atoms with Gasteiger partial charge in [0.05, 0.1) is 0 Å². The van der Waals surface area contributed by atoms with Crippen molar-refractivity contribution in [3.63, 3.8) is 0 Å². The fourth-order valence-electron chi connectivity index (χ4n) is 1.89. The molecular weight excluding hydrogens is 194 g/mol. The lowest BCUT2D eigenvalue weighted by Crippen LogP contribution is -2.44. The number of nitrogen functional groups attached to an aromatic ring is 1. The van der Waals surface area contributed by atoms with Crippen molar-refractivity contribution in [2.75, 3.05) is 29.5 Å². The second kappa shape index (κ2) is 3.45. The van der Waals surface area contributed by atoms with Gasteiger partial charge in [0.1, 0.15) is 5.69 Å². The number of fused-ring (bicyclic) bond motifs is 1. The third kappa shape index (κ3) is 1.51. The summed E-state index contributed by atoms with van der Waals surface area (Å²) in [6.45, 7) is 2.88. The van der Waals surface area contributed by atoms with E-state index >= 15 is 0 Å². The van der Waals surface area contributed by atoms with E-state index in [1.54, 1.807) is 0 Å². The summed E-state index contributed by atoms with van der Waals surface area (Å²) in [5.74, 6) is 0.720. The maximum atomic E-state index is 11.7. The van der Waals surface area contributed by atoms with Crippen LogP contribution >= 0.6 is 0 Å². The molecule has 2 heterocycles. The third-order valence-corrected chi connectivity index (χ3v) is 2.79. The fourth-order valence-corrected chi connectivity index (χ4v) is 1.89. The Kier molecular flexibility index (Phi) is 2.26. The minimum atomic E-state index is -0.189. The van der Waals surface area contributed by atoms with Gasteiger partial charge in [-0.15, -0.1) is 0 Å². The molecule has 82 valence electrons. The van der Waals surface area contributed by atoms with Gasteiger partial charge >= 0.3 is 0 Å². The Morgan fingerprint density at radius 1 is 1.67 bits per heavy atom. The Morgan fingerprint density at radius 3 is 3.07 bits per heavy atom. The van der Waals surface area contributed by atoms with Crippen LogP contribution in [0, 0.1) is 0 Å². The first-order valence-electron chi connectivity index (χ1n) is 5.00. The Hall–Kier alpha value is -1.72. The van der Waals surface area contributed by atoms with Gasteiger partial charge in [0.2, 0.25) is 5.95 Å². The highest BCUT2D eigenvalue weighted by Crippen LogP contribution is 2.25. The summed E-state index contributed by atoms with van der Waals surface area (Å²) >= 11 is 0. The van der Waals surface area contributed by atoms with Crippen LogP contribution in [0.4, 0.5) is 17.5 Å². The van der Waals surface area contributed by atoms with E-state index in [1.807, 2.05) is 11.9 Å². The third-order valence-electron chi connectivity index (χ3n) is 2.79. The standard InChI is InChI=1S/C9H15N5O/c1-3-5-4-11-7-6(14(5)2)8(15)13-9(10)12-7/h5H,3-4H2,1-2H3,(H4,10,11,12,13,15)/t5-/m0/s1. The number of nitrogens with one attached hydrogen (secondary N) is 2. The molecule has 0 saturated heterocycles. The number of nitrogens with zero attached hydrogens (tertiary/aromatic N) is 2. The number of aromatic nitrogens is 2. The summed E-state index contributed by atoms with van der Waals surface area (Å²) in [6, 6.07) is 0.323. The topological polar surface area (TPSA) is 87.0 Å². The van der Waals surface area contributed by atoms with Crippen molar-refractivity contribution in [3.8, 4) is 0 Å². The van der Waals surface area contributed by atoms with Crippen LogP contribution in [0.5, 0.6) is 0 Å². The number of hydrogen-bond acceptors (Lipinski definition) is 5. The van der Waals surface area contributed by atoms with E-state index in [0.717, 1.165) is 13.0 Å². The molecule has 0 unspecified atom stereocenters. The Morgan fingerprint density at radius 2 is 2.40 bits per heavy atom. The van der Waals surface area contributed by atoms with Gasteiger partial charge < -0.3 is 16.0 Å². The Balaban J connectivity index is 2.52. The molecule has 0 aromatic carbocycles. The van der Waals surface area contributed by atoms with Gasteiger partial charge in [-0.3, -0.25) is 9.78 Å². The van der Waals surface area contributed by atoms with Crippen LogP contribution in [0.2, 0.25) is 0 Å². The van der Waals surface area contributed by atoms with Gasteiger partial charge in [-0.2, -0.15) is 4.98 Å². The summed E-state index contributed by atoms with van der Waals surface area (Å²) in [4.78, 5) is 20.2. The van der Waals surface area contributed by atoms with Gasteiger partial charge in [-0.05, 0) is 6.42 Å². The molecule has 2 rings (SSSR count). The minimum absolute atomic E-state index is 0.148. The number of likely N-dealkylation sites (N-methyl/N-ethyl adjacent to an activating group) is 1.